The number of hydrogen-bond donors (Lipinski definition) is 3. The first-order chi connectivity index (χ1) is 6.80. The summed E-state index contributed by atoms with van der Waals surface area (Å²) < 4.78 is 21.9. The number of carbonyl (C=O) groups is 1. The minimum absolute atomic E-state index is 0.0888. The first-order valence-corrected chi connectivity index (χ1v) is 5.55. The number of anilines is 2. The van der Waals surface area contributed by atoms with Gasteiger partial charge in [0.05, 0.1) is 16.3 Å². The Hall–Kier alpha value is -1.60. The van der Waals surface area contributed by atoms with Gasteiger partial charge in [-0.3, -0.25) is 4.79 Å². The Morgan fingerprint density at radius 3 is 2.40 bits per heavy atom. The fourth-order valence-corrected chi connectivity index (χ4v) is 1.57. The Morgan fingerprint density at radius 1 is 1.40 bits per heavy atom. The number of amides is 1. The fraction of sp³-hybridized carbons (Fsp3) is 0.125. The van der Waals surface area contributed by atoms with Gasteiger partial charge in [-0.05, 0) is 18.2 Å². The molecule has 82 valence electrons. The van der Waals surface area contributed by atoms with Crippen LogP contribution in [0.4, 0.5) is 11.4 Å². The minimum Gasteiger partial charge on any atom is -0.397 e. The number of primary sulfonamides is 1. The lowest BCUT2D eigenvalue weighted by Crippen LogP contribution is -2.13. The highest BCUT2D eigenvalue weighted by molar-refractivity contribution is 7.89. The Kier molecular flexibility index (Phi) is 2.96. The smallest absolute Gasteiger partial charge is 0.238 e. The van der Waals surface area contributed by atoms with Gasteiger partial charge in [-0.2, -0.15) is 0 Å². The number of nitrogens with two attached hydrogens (primary N) is 2. The molecular weight excluding hydrogens is 218 g/mol. The van der Waals surface area contributed by atoms with Crippen molar-refractivity contribution in [3.8, 4) is 0 Å². The molecule has 0 fully saturated rings. The third-order valence-corrected chi connectivity index (χ3v) is 2.57. The van der Waals surface area contributed by atoms with Crippen molar-refractivity contribution in [1.82, 2.24) is 0 Å². The summed E-state index contributed by atoms with van der Waals surface area (Å²) in [6.07, 6.45) is 0. The van der Waals surface area contributed by atoms with E-state index in [2.05, 4.69) is 5.32 Å². The molecule has 1 rings (SSSR count). The third-order valence-electron chi connectivity index (χ3n) is 1.66. The SMILES string of the molecule is CC(=O)Nc1ccc(S(N)(=O)=O)cc1N. The lowest BCUT2D eigenvalue weighted by molar-refractivity contribution is -0.114. The number of rotatable bonds is 2. The molecule has 0 radical (unpaired) electrons. The predicted octanol–water partition coefficient (Wildman–Crippen LogP) is -0.125. The van der Waals surface area contributed by atoms with Crippen molar-refractivity contribution in [3.63, 3.8) is 0 Å². The van der Waals surface area contributed by atoms with Crippen LogP contribution in [-0.4, -0.2) is 14.3 Å². The molecule has 0 aliphatic rings. The third kappa shape index (κ3) is 2.93. The molecule has 0 aliphatic carbocycles. The van der Waals surface area contributed by atoms with Gasteiger partial charge >= 0.3 is 0 Å². The van der Waals surface area contributed by atoms with Crippen LogP contribution < -0.4 is 16.2 Å². The van der Waals surface area contributed by atoms with E-state index in [9.17, 15) is 13.2 Å². The van der Waals surface area contributed by atoms with Crippen molar-refractivity contribution in [2.45, 2.75) is 11.8 Å². The van der Waals surface area contributed by atoms with Crippen LogP contribution in [0.1, 0.15) is 6.92 Å². The maximum Gasteiger partial charge on any atom is 0.238 e. The second kappa shape index (κ2) is 3.87. The van der Waals surface area contributed by atoms with E-state index in [4.69, 9.17) is 10.9 Å². The van der Waals surface area contributed by atoms with Crippen molar-refractivity contribution in [3.05, 3.63) is 18.2 Å². The Bertz CT molecular complexity index is 496. The van der Waals surface area contributed by atoms with E-state index >= 15 is 0 Å². The summed E-state index contributed by atoms with van der Waals surface area (Å²) in [6, 6.07) is 3.86. The van der Waals surface area contributed by atoms with Gasteiger partial charge in [0.15, 0.2) is 0 Å². The molecule has 7 heteroatoms. The van der Waals surface area contributed by atoms with Gasteiger partial charge < -0.3 is 11.1 Å². The molecule has 0 atom stereocenters. The van der Waals surface area contributed by atoms with Gasteiger partial charge in [0, 0.05) is 6.92 Å². The molecule has 1 amide bonds. The summed E-state index contributed by atoms with van der Waals surface area (Å²) >= 11 is 0. The zero-order valence-corrected chi connectivity index (χ0v) is 8.84. The fourth-order valence-electron chi connectivity index (χ4n) is 1.02. The molecule has 0 aliphatic heterocycles. The van der Waals surface area contributed by atoms with E-state index in [0.717, 1.165) is 0 Å². The Labute approximate surface area is 87.3 Å². The predicted molar refractivity (Wildman–Crippen MR) is 56.5 cm³/mol. The van der Waals surface area contributed by atoms with E-state index in [1.54, 1.807) is 0 Å². The van der Waals surface area contributed by atoms with Gasteiger partial charge in [-0.25, -0.2) is 13.6 Å². The highest BCUT2D eigenvalue weighted by Crippen LogP contribution is 2.21. The van der Waals surface area contributed by atoms with Gasteiger partial charge in [-0.15, -0.1) is 0 Å². The maximum absolute atomic E-state index is 11.0. The molecule has 0 heterocycles. The first kappa shape index (κ1) is 11.5. The van der Waals surface area contributed by atoms with E-state index in [0.29, 0.717) is 5.69 Å². The lowest BCUT2D eigenvalue weighted by Gasteiger charge is -2.07. The van der Waals surface area contributed by atoms with Crippen molar-refractivity contribution in [2.75, 3.05) is 11.1 Å². The van der Waals surface area contributed by atoms with E-state index in [1.165, 1.54) is 25.1 Å². The second-order valence-corrected chi connectivity index (χ2v) is 4.54. The minimum atomic E-state index is -3.76. The van der Waals surface area contributed by atoms with Crippen LogP contribution in [-0.2, 0) is 14.8 Å². The monoisotopic (exact) mass is 229 g/mol. The summed E-state index contributed by atoms with van der Waals surface area (Å²) in [6.45, 7) is 1.33. The molecule has 0 bridgehead atoms. The number of sulfonamides is 1. The van der Waals surface area contributed by atoms with Crippen molar-refractivity contribution in [2.24, 2.45) is 5.14 Å². The summed E-state index contributed by atoms with van der Waals surface area (Å²) in [4.78, 5) is 10.6. The molecule has 0 saturated heterocycles. The van der Waals surface area contributed by atoms with Crippen LogP contribution in [0, 0.1) is 0 Å². The van der Waals surface area contributed by atoms with Gasteiger partial charge in [0.1, 0.15) is 0 Å². The molecule has 0 saturated carbocycles. The molecule has 1 aromatic rings. The molecule has 5 N–H and O–H groups in total. The zero-order valence-electron chi connectivity index (χ0n) is 8.02. The summed E-state index contributed by atoms with van der Waals surface area (Å²) in [5.74, 6) is -0.287. The number of hydrogen-bond acceptors (Lipinski definition) is 4. The summed E-state index contributed by atoms with van der Waals surface area (Å²) in [5.41, 5.74) is 6.04. The normalized spacial score (nSPS) is 11.1. The number of nitrogens with one attached hydrogen (secondary N) is 1. The van der Waals surface area contributed by atoms with Gasteiger partial charge in [0.25, 0.3) is 0 Å². The van der Waals surface area contributed by atoms with E-state index in [-0.39, 0.29) is 16.5 Å². The maximum atomic E-state index is 11.0. The van der Waals surface area contributed by atoms with Crippen LogP contribution in [0.2, 0.25) is 0 Å². The van der Waals surface area contributed by atoms with Crippen molar-refractivity contribution < 1.29 is 13.2 Å². The summed E-state index contributed by atoms with van der Waals surface area (Å²) in [5, 5.41) is 7.36. The van der Waals surface area contributed by atoms with Crippen LogP contribution in [0.3, 0.4) is 0 Å². The van der Waals surface area contributed by atoms with Crippen molar-refractivity contribution >= 4 is 27.3 Å². The molecule has 6 nitrogen and oxygen atoms in total. The molecule has 0 unspecified atom stereocenters. The van der Waals surface area contributed by atoms with E-state index in [1.807, 2.05) is 0 Å². The van der Waals surface area contributed by atoms with Gasteiger partial charge in [0.2, 0.25) is 15.9 Å². The number of nitrogen functional groups attached to an aromatic ring is 1. The number of benzene rings is 1. The lowest BCUT2D eigenvalue weighted by atomic mass is 10.2. The second-order valence-electron chi connectivity index (χ2n) is 2.98. The van der Waals surface area contributed by atoms with Crippen molar-refractivity contribution in [1.29, 1.82) is 0 Å². The van der Waals surface area contributed by atoms with Gasteiger partial charge in [-0.1, -0.05) is 0 Å². The molecule has 0 spiro atoms. The highest BCUT2D eigenvalue weighted by Gasteiger charge is 2.10. The molecule has 1 aromatic carbocycles. The Morgan fingerprint density at radius 2 is 2.00 bits per heavy atom. The standard InChI is InChI=1S/C8H11N3O3S/c1-5(12)11-8-3-2-6(4-7(8)9)15(10,13)14/h2-4H,9H2,1H3,(H,11,12)(H2,10,13,14). The largest absolute Gasteiger partial charge is 0.397 e. The summed E-state index contributed by atoms with van der Waals surface area (Å²) in [7, 11) is -3.76. The highest BCUT2D eigenvalue weighted by atomic mass is 32.2. The van der Waals surface area contributed by atoms with Crippen LogP contribution in [0.25, 0.3) is 0 Å². The number of carbonyl (C=O) groups excluding carboxylic acids is 1. The quantitative estimate of drug-likeness (QED) is 0.613. The Balaban J connectivity index is 3.15. The molecule has 0 aromatic heterocycles. The average Bonchev–Trinajstić information content (AvgIpc) is 2.05. The van der Waals surface area contributed by atoms with Crippen LogP contribution >= 0.6 is 0 Å². The van der Waals surface area contributed by atoms with Crippen LogP contribution in [0.5, 0.6) is 0 Å². The first-order valence-electron chi connectivity index (χ1n) is 4.00. The zero-order chi connectivity index (χ0) is 11.6. The topological polar surface area (TPSA) is 115 Å². The van der Waals surface area contributed by atoms with E-state index < -0.39 is 10.0 Å². The molecule has 15 heavy (non-hydrogen) atoms. The van der Waals surface area contributed by atoms with Crippen LogP contribution in [0.15, 0.2) is 23.1 Å². The molecular formula is C8H11N3O3S. The average molecular weight is 229 g/mol.